The standard InChI is InChI=1S/C10H13NO4/c1-14-8-4-3-6(5-7(8)12)9(11)10(13)15-2/h3-5,9,12H,11H2,1-2H3/t9-/m1/s1. The summed E-state index contributed by atoms with van der Waals surface area (Å²) in [5.41, 5.74) is 6.06. The number of hydrogen-bond acceptors (Lipinski definition) is 5. The molecular weight excluding hydrogens is 198 g/mol. The van der Waals surface area contributed by atoms with Crippen LogP contribution >= 0.6 is 0 Å². The minimum Gasteiger partial charge on any atom is -0.504 e. The van der Waals surface area contributed by atoms with E-state index in [0.29, 0.717) is 11.3 Å². The van der Waals surface area contributed by atoms with Crippen molar-refractivity contribution in [1.29, 1.82) is 0 Å². The number of benzene rings is 1. The monoisotopic (exact) mass is 211 g/mol. The van der Waals surface area contributed by atoms with E-state index < -0.39 is 12.0 Å². The van der Waals surface area contributed by atoms with Crippen LogP contribution in [-0.2, 0) is 9.53 Å². The summed E-state index contributed by atoms with van der Waals surface area (Å²) in [5.74, 6) is -0.287. The molecule has 1 atom stereocenters. The molecule has 0 unspecified atom stereocenters. The first-order chi connectivity index (χ1) is 7.10. The fraction of sp³-hybridized carbons (Fsp3) is 0.300. The van der Waals surface area contributed by atoms with Crippen molar-refractivity contribution in [1.82, 2.24) is 0 Å². The Morgan fingerprint density at radius 3 is 2.60 bits per heavy atom. The van der Waals surface area contributed by atoms with Crippen molar-refractivity contribution >= 4 is 5.97 Å². The summed E-state index contributed by atoms with van der Waals surface area (Å²) in [6.07, 6.45) is 0. The van der Waals surface area contributed by atoms with Crippen molar-refractivity contribution in [3.05, 3.63) is 23.8 Å². The summed E-state index contributed by atoms with van der Waals surface area (Å²) in [4.78, 5) is 11.1. The van der Waals surface area contributed by atoms with Crippen LogP contribution in [0.2, 0.25) is 0 Å². The number of carbonyl (C=O) groups is 1. The highest BCUT2D eigenvalue weighted by Crippen LogP contribution is 2.28. The van der Waals surface area contributed by atoms with Crippen LogP contribution in [0.5, 0.6) is 11.5 Å². The zero-order chi connectivity index (χ0) is 11.4. The third-order valence-electron chi connectivity index (χ3n) is 2.02. The third-order valence-corrected chi connectivity index (χ3v) is 2.02. The third kappa shape index (κ3) is 2.38. The van der Waals surface area contributed by atoms with Crippen LogP contribution in [0, 0.1) is 0 Å². The van der Waals surface area contributed by atoms with Crippen molar-refractivity contribution < 1.29 is 19.4 Å². The zero-order valence-corrected chi connectivity index (χ0v) is 8.56. The van der Waals surface area contributed by atoms with Crippen LogP contribution in [0.15, 0.2) is 18.2 Å². The maximum Gasteiger partial charge on any atom is 0.327 e. The van der Waals surface area contributed by atoms with Gasteiger partial charge in [-0.05, 0) is 17.7 Å². The number of phenols is 1. The number of phenolic OH excluding ortho intramolecular Hbond substituents is 1. The SMILES string of the molecule is COC(=O)[C@H](N)c1ccc(OC)c(O)c1. The first-order valence-electron chi connectivity index (χ1n) is 4.30. The number of rotatable bonds is 3. The molecule has 15 heavy (non-hydrogen) atoms. The number of aromatic hydroxyl groups is 1. The molecule has 0 saturated heterocycles. The summed E-state index contributed by atoms with van der Waals surface area (Å²) < 4.78 is 9.35. The predicted molar refractivity (Wildman–Crippen MR) is 53.6 cm³/mol. The first-order valence-corrected chi connectivity index (χ1v) is 4.30. The van der Waals surface area contributed by atoms with E-state index in [9.17, 15) is 9.90 Å². The Morgan fingerprint density at radius 1 is 1.47 bits per heavy atom. The lowest BCUT2D eigenvalue weighted by Crippen LogP contribution is -2.22. The highest BCUT2D eigenvalue weighted by molar-refractivity contribution is 5.77. The Kier molecular flexibility index (Phi) is 3.51. The molecule has 0 spiro atoms. The maximum atomic E-state index is 11.1. The van der Waals surface area contributed by atoms with Gasteiger partial charge in [-0.25, -0.2) is 0 Å². The molecule has 82 valence electrons. The second-order valence-electron chi connectivity index (χ2n) is 2.93. The van der Waals surface area contributed by atoms with E-state index in [2.05, 4.69) is 4.74 Å². The molecule has 0 saturated carbocycles. The highest BCUT2D eigenvalue weighted by Gasteiger charge is 2.17. The summed E-state index contributed by atoms with van der Waals surface area (Å²) in [6, 6.07) is 3.61. The molecule has 0 heterocycles. The molecule has 0 radical (unpaired) electrons. The van der Waals surface area contributed by atoms with Gasteiger partial charge in [-0.15, -0.1) is 0 Å². The molecule has 0 fully saturated rings. The smallest absolute Gasteiger partial charge is 0.327 e. The first kappa shape index (κ1) is 11.3. The molecule has 1 rings (SSSR count). The van der Waals surface area contributed by atoms with Crippen LogP contribution in [0.1, 0.15) is 11.6 Å². The van der Waals surface area contributed by atoms with Crippen molar-refractivity contribution in [3.63, 3.8) is 0 Å². The highest BCUT2D eigenvalue weighted by atomic mass is 16.5. The molecule has 3 N–H and O–H groups in total. The molecule has 0 aromatic heterocycles. The molecular formula is C10H13NO4. The molecule has 1 aromatic carbocycles. The number of esters is 1. The van der Waals surface area contributed by atoms with Gasteiger partial charge in [0.2, 0.25) is 0 Å². The number of ether oxygens (including phenoxy) is 2. The van der Waals surface area contributed by atoms with E-state index in [1.807, 2.05) is 0 Å². The summed E-state index contributed by atoms with van der Waals surface area (Å²) in [5, 5.41) is 9.46. The lowest BCUT2D eigenvalue weighted by molar-refractivity contribution is -0.142. The number of nitrogens with two attached hydrogens (primary N) is 1. The Bertz CT molecular complexity index is 364. The fourth-order valence-corrected chi connectivity index (χ4v) is 1.16. The minimum absolute atomic E-state index is 0.0608. The van der Waals surface area contributed by atoms with Crippen LogP contribution in [0.25, 0.3) is 0 Å². The molecule has 0 amide bonds. The van der Waals surface area contributed by atoms with Crippen LogP contribution in [-0.4, -0.2) is 25.3 Å². The van der Waals surface area contributed by atoms with Gasteiger partial charge < -0.3 is 20.3 Å². The molecule has 5 heteroatoms. The summed E-state index contributed by atoms with van der Waals surface area (Å²) in [7, 11) is 2.69. The minimum atomic E-state index is -0.896. The average molecular weight is 211 g/mol. The molecule has 0 bridgehead atoms. The van der Waals surface area contributed by atoms with Crippen molar-refractivity contribution in [2.75, 3.05) is 14.2 Å². The van der Waals surface area contributed by atoms with Crippen molar-refractivity contribution in [2.45, 2.75) is 6.04 Å². The van der Waals surface area contributed by atoms with Gasteiger partial charge in [-0.3, -0.25) is 4.79 Å². The van der Waals surface area contributed by atoms with Crippen molar-refractivity contribution in [3.8, 4) is 11.5 Å². The van der Waals surface area contributed by atoms with Gasteiger partial charge >= 0.3 is 5.97 Å². The molecule has 5 nitrogen and oxygen atoms in total. The average Bonchev–Trinajstić information content (AvgIpc) is 2.26. The van der Waals surface area contributed by atoms with E-state index in [1.165, 1.54) is 26.4 Å². The van der Waals surface area contributed by atoms with Gasteiger partial charge in [-0.2, -0.15) is 0 Å². The van der Waals surface area contributed by atoms with Gasteiger partial charge in [0.1, 0.15) is 6.04 Å². The molecule has 0 aliphatic heterocycles. The topological polar surface area (TPSA) is 81.8 Å². The van der Waals surface area contributed by atoms with E-state index >= 15 is 0 Å². The largest absolute Gasteiger partial charge is 0.504 e. The summed E-state index contributed by atoms with van der Waals surface area (Å²) >= 11 is 0. The second kappa shape index (κ2) is 4.65. The number of hydrogen-bond donors (Lipinski definition) is 2. The van der Waals surface area contributed by atoms with Crippen LogP contribution in [0.4, 0.5) is 0 Å². The predicted octanol–water partition coefficient (Wildman–Crippen LogP) is 0.574. The van der Waals surface area contributed by atoms with Crippen LogP contribution in [0.3, 0.4) is 0 Å². The van der Waals surface area contributed by atoms with Gasteiger partial charge in [0.15, 0.2) is 11.5 Å². The Morgan fingerprint density at radius 2 is 2.13 bits per heavy atom. The Labute approximate surface area is 87.4 Å². The molecule has 0 aliphatic rings. The van der Waals surface area contributed by atoms with E-state index in [4.69, 9.17) is 10.5 Å². The van der Waals surface area contributed by atoms with Crippen molar-refractivity contribution in [2.24, 2.45) is 5.73 Å². The van der Waals surface area contributed by atoms with E-state index in [1.54, 1.807) is 6.07 Å². The van der Waals surface area contributed by atoms with Crippen LogP contribution < -0.4 is 10.5 Å². The zero-order valence-electron chi connectivity index (χ0n) is 8.56. The van der Waals surface area contributed by atoms with Gasteiger partial charge in [0.05, 0.1) is 14.2 Å². The lowest BCUT2D eigenvalue weighted by atomic mass is 10.1. The van der Waals surface area contributed by atoms with E-state index in [-0.39, 0.29) is 5.75 Å². The molecule has 0 aliphatic carbocycles. The Balaban J connectivity index is 2.97. The van der Waals surface area contributed by atoms with Gasteiger partial charge in [0.25, 0.3) is 0 Å². The normalized spacial score (nSPS) is 11.9. The van der Waals surface area contributed by atoms with Gasteiger partial charge in [0, 0.05) is 0 Å². The fourth-order valence-electron chi connectivity index (χ4n) is 1.16. The second-order valence-corrected chi connectivity index (χ2v) is 2.93. The molecule has 1 aromatic rings. The quantitative estimate of drug-likeness (QED) is 0.714. The Hall–Kier alpha value is -1.75. The van der Waals surface area contributed by atoms with E-state index in [0.717, 1.165) is 0 Å². The lowest BCUT2D eigenvalue weighted by Gasteiger charge is -2.11. The number of methoxy groups -OCH3 is 2. The summed E-state index contributed by atoms with van der Waals surface area (Å²) in [6.45, 7) is 0. The maximum absolute atomic E-state index is 11.1. The number of carbonyl (C=O) groups excluding carboxylic acids is 1. The van der Waals surface area contributed by atoms with Gasteiger partial charge in [-0.1, -0.05) is 6.07 Å².